The van der Waals surface area contributed by atoms with Gasteiger partial charge in [-0.2, -0.15) is 13.2 Å². The molecule has 21 heteroatoms. The van der Waals surface area contributed by atoms with Crippen LogP contribution in [0.3, 0.4) is 0 Å². The zero-order valence-electron chi connectivity index (χ0n) is 24.5. The van der Waals surface area contributed by atoms with Gasteiger partial charge in [0.05, 0.1) is 25.1 Å². The lowest BCUT2D eigenvalue weighted by Crippen LogP contribution is -2.55. The molecule has 5 amide bonds. The van der Waals surface area contributed by atoms with Gasteiger partial charge in [-0.05, 0) is 24.5 Å². The lowest BCUT2D eigenvalue weighted by molar-refractivity contribution is -0.143. The Labute approximate surface area is 268 Å². The number of benzene rings is 1. The van der Waals surface area contributed by atoms with Gasteiger partial charge in [-0.25, -0.2) is 4.79 Å². The number of amides is 5. The maximum absolute atomic E-state index is 13.9. The normalized spacial score (nSPS) is 22.2. The number of alkyl halides is 3. The maximum atomic E-state index is 13.9. The van der Waals surface area contributed by atoms with Crippen LogP contribution in [0.2, 0.25) is 0 Å². The lowest BCUT2D eigenvalue weighted by Gasteiger charge is -2.25. The predicted molar refractivity (Wildman–Crippen MR) is 158 cm³/mol. The quantitative estimate of drug-likeness (QED) is 0.0798. The van der Waals surface area contributed by atoms with Crippen LogP contribution in [0.25, 0.3) is 0 Å². The highest BCUT2D eigenvalue weighted by atomic mass is 32.2. The lowest BCUT2D eigenvalue weighted by atomic mass is 10.0. The molecule has 0 radical (unpaired) electrons. The zero-order valence-corrected chi connectivity index (χ0v) is 25.3. The molecule has 258 valence electrons. The van der Waals surface area contributed by atoms with Gasteiger partial charge in [-0.15, -0.1) is 11.8 Å². The van der Waals surface area contributed by atoms with Crippen LogP contribution in [-0.4, -0.2) is 101 Å². The third kappa shape index (κ3) is 12.7. The van der Waals surface area contributed by atoms with Crippen molar-refractivity contribution in [1.82, 2.24) is 26.6 Å². The predicted octanol–water partition coefficient (Wildman–Crippen LogP) is -2.21. The van der Waals surface area contributed by atoms with Gasteiger partial charge in [-0.1, -0.05) is 18.2 Å². The number of hydrogen-bond donors (Lipinski definition) is 9. The van der Waals surface area contributed by atoms with Crippen molar-refractivity contribution >= 4 is 59.2 Å². The van der Waals surface area contributed by atoms with E-state index in [1.54, 1.807) is 0 Å². The first-order valence-corrected chi connectivity index (χ1v) is 14.8. The molecule has 0 aliphatic carbocycles. The van der Waals surface area contributed by atoms with Crippen molar-refractivity contribution in [3.8, 4) is 0 Å². The summed E-state index contributed by atoms with van der Waals surface area (Å²) in [6.07, 6.45) is -5.89. The molecule has 0 saturated carbocycles. The Kier molecular flexibility index (Phi) is 14.2. The second kappa shape index (κ2) is 17.6. The first-order chi connectivity index (χ1) is 22.0. The van der Waals surface area contributed by atoms with Crippen molar-refractivity contribution in [2.45, 2.75) is 48.8 Å². The number of carbonyl (C=O) groups excluding carboxylic acids is 5. The molecule has 17 nitrogen and oxygen atoms in total. The molecule has 0 aromatic heterocycles. The van der Waals surface area contributed by atoms with E-state index >= 15 is 0 Å². The van der Waals surface area contributed by atoms with Crippen molar-refractivity contribution in [1.29, 1.82) is 0 Å². The van der Waals surface area contributed by atoms with E-state index in [4.69, 9.17) is 11.5 Å². The highest BCUT2D eigenvalue weighted by Crippen LogP contribution is 2.39. The number of aliphatic imine (C=N–C) groups is 1. The minimum Gasteiger partial charge on any atom is -0.481 e. The molecule has 4 atom stereocenters. The largest absolute Gasteiger partial charge is 0.481 e. The molecule has 2 rings (SSSR count). The molecule has 0 spiro atoms. The number of halogens is 3. The van der Waals surface area contributed by atoms with Gasteiger partial charge in [0.15, 0.2) is 5.96 Å². The number of carboxylic acids is 2. The first-order valence-electron chi connectivity index (χ1n) is 13.7. The summed E-state index contributed by atoms with van der Waals surface area (Å²) in [7, 11) is 0. The molecule has 47 heavy (non-hydrogen) atoms. The van der Waals surface area contributed by atoms with Gasteiger partial charge in [0, 0.05) is 12.3 Å². The number of nitrogens with one attached hydrogen (secondary N) is 5. The number of aliphatic carboxylic acids is 2. The van der Waals surface area contributed by atoms with Gasteiger partial charge >= 0.3 is 18.1 Å². The number of carbonyl (C=O) groups is 7. The SMILES string of the molecule is NC(N)=NCCC[C@@H]1NC(=O)CNC(=O)C(c2ccccc2C(F)(F)F)SC[C@@H](C(=O)O)NC(=O)[C@H](CC(=O)O)NC(=O)CNC1=O. The summed E-state index contributed by atoms with van der Waals surface area (Å²) >= 11 is 0.389. The summed E-state index contributed by atoms with van der Waals surface area (Å²) in [5, 5.41) is 28.0. The van der Waals surface area contributed by atoms with E-state index in [0.717, 1.165) is 12.1 Å². The highest BCUT2D eigenvalue weighted by Gasteiger charge is 2.38. The van der Waals surface area contributed by atoms with Crippen molar-refractivity contribution in [2.24, 2.45) is 16.5 Å². The molecule has 1 aromatic carbocycles. The Bertz CT molecular complexity index is 1390. The van der Waals surface area contributed by atoms with Gasteiger partial charge in [-0.3, -0.25) is 33.8 Å². The summed E-state index contributed by atoms with van der Waals surface area (Å²) in [5.74, 6) is -9.53. The Morgan fingerprint density at radius 3 is 2.06 bits per heavy atom. The van der Waals surface area contributed by atoms with Gasteiger partial charge in [0.2, 0.25) is 29.5 Å². The van der Waals surface area contributed by atoms with E-state index in [2.05, 4.69) is 26.3 Å². The van der Waals surface area contributed by atoms with Crippen LogP contribution in [0.5, 0.6) is 0 Å². The maximum Gasteiger partial charge on any atom is 0.416 e. The van der Waals surface area contributed by atoms with Gasteiger partial charge in [0.1, 0.15) is 23.4 Å². The fourth-order valence-electron chi connectivity index (χ4n) is 4.13. The number of hydrogen-bond acceptors (Lipinski definition) is 9. The standard InChI is InChI=1S/C26H33F3N8O9S/c27-26(28,29)13-5-2-1-4-12(13)20-23(44)34-10-17(38)35-14(6-3-7-32-25(30)31)21(42)33-9-18(39)36-15(8-19(40)41)22(43)37-16(11-47-20)24(45)46/h1-2,4-5,14-16,20H,3,6-11H2,(H,33,42)(H,34,44)(H,35,38)(H,36,39)(H,37,43)(H,40,41)(H,45,46)(H4,30,31,32)/t14-,15-,16-,20?/m0/s1. The Balaban J connectivity index is 2.50. The van der Waals surface area contributed by atoms with Crippen molar-refractivity contribution < 1.29 is 56.9 Å². The number of nitrogens with zero attached hydrogens (tertiary/aromatic N) is 1. The van der Waals surface area contributed by atoms with Crippen molar-refractivity contribution in [3.05, 3.63) is 35.4 Å². The molecule has 1 aliphatic rings. The highest BCUT2D eigenvalue weighted by molar-refractivity contribution is 8.00. The van der Waals surface area contributed by atoms with E-state index in [0.29, 0.717) is 17.8 Å². The second-order valence-corrected chi connectivity index (χ2v) is 11.1. The average Bonchev–Trinajstić information content (AvgIpc) is 2.98. The topological polar surface area (TPSA) is 284 Å². The fourth-order valence-corrected chi connectivity index (χ4v) is 5.36. The summed E-state index contributed by atoms with van der Waals surface area (Å²) in [6, 6.07) is -1.10. The first kappa shape index (κ1) is 38.1. The minimum absolute atomic E-state index is 0.0417. The van der Waals surface area contributed by atoms with Crippen molar-refractivity contribution in [3.63, 3.8) is 0 Å². The molecule has 0 bridgehead atoms. The third-order valence-corrected chi connectivity index (χ3v) is 7.63. The molecule has 1 unspecified atom stereocenters. The molecule has 11 N–H and O–H groups in total. The Morgan fingerprint density at radius 1 is 0.894 bits per heavy atom. The number of carboxylic acid groups (broad SMARTS) is 2. The molecule has 1 fully saturated rings. The third-order valence-electron chi connectivity index (χ3n) is 6.30. The van der Waals surface area contributed by atoms with Crippen LogP contribution in [0.4, 0.5) is 13.2 Å². The number of rotatable bonds is 8. The van der Waals surface area contributed by atoms with E-state index in [9.17, 15) is 56.9 Å². The van der Waals surface area contributed by atoms with E-state index < -0.39 is 107 Å². The van der Waals surface area contributed by atoms with Crippen LogP contribution < -0.4 is 38.1 Å². The molecule has 1 heterocycles. The van der Waals surface area contributed by atoms with Crippen LogP contribution in [0.15, 0.2) is 29.3 Å². The molecule has 1 aliphatic heterocycles. The minimum atomic E-state index is -4.94. The number of thioether (sulfide) groups is 1. The summed E-state index contributed by atoms with van der Waals surface area (Å²) in [5.41, 5.74) is 8.74. The van der Waals surface area contributed by atoms with Crippen LogP contribution in [0.1, 0.15) is 35.6 Å². The number of nitrogens with two attached hydrogens (primary N) is 2. The summed E-state index contributed by atoms with van der Waals surface area (Å²) in [4.78, 5) is 91.4. The fraction of sp³-hybridized carbons (Fsp3) is 0.462. The smallest absolute Gasteiger partial charge is 0.416 e. The Hall–Kier alpha value is -5.08. The van der Waals surface area contributed by atoms with E-state index in [1.165, 1.54) is 6.07 Å². The van der Waals surface area contributed by atoms with E-state index in [-0.39, 0.29) is 25.3 Å². The number of guanidine groups is 1. The van der Waals surface area contributed by atoms with Crippen LogP contribution in [0, 0.1) is 0 Å². The average molecular weight is 691 g/mol. The Morgan fingerprint density at radius 2 is 1.49 bits per heavy atom. The van der Waals surface area contributed by atoms with Crippen LogP contribution >= 0.6 is 11.8 Å². The van der Waals surface area contributed by atoms with Gasteiger partial charge < -0.3 is 48.3 Å². The molecule has 1 aromatic rings. The monoisotopic (exact) mass is 690 g/mol. The molecular weight excluding hydrogens is 657 g/mol. The molecule has 1 saturated heterocycles. The van der Waals surface area contributed by atoms with Gasteiger partial charge in [0.25, 0.3) is 0 Å². The summed E-state index contributed by atoms with van der Waals surface area (Å²) in [6.45, 7) is -1.57. The zero-order chi connectivity index (χ0) is 35.3. The van der Waals surface area contributed by atoms with Crippen LogP contribution in [-0.2, 0) is 39.7 Å². The van der Waals surface area contributed by atoms with Crippen molar-refractivity contribution in [2.75, 3.05) is 25.4 Å². The summed E-state index contributed by atoms with van der Waals surface area (Å²) < 4.78 is 41.6. The second-order valence-electron chi connectivity index (χ2n) is 9.92. The van der Waals surface area contributed by atoms with E-state index in [1.807, 2.05) is 5.32 Å². The molecular formula is C26H33F3N8O9S.